The number of benzene rings is 1. The second-order valence-electron chi connectivity index (χ2n) is 4.35. The van der Waals surface area contributed by atoms with Crippen LogP contribution in [0, 0.1) is 11.7 Å². The Balaban J connectivity index is 1.96. The Hall–Kier alpha value is -2.37. The number of anilines is 2. The van der Waals surface area contributed by atoms with E-state index in [1.165, 1.54) is 24.3 Å². The molecule has 0 saturated carbocycles. The first-order chi connectivity index (χ1) is 9.04. The van der Waals surface area contributed by atoms with Crippen LogP contribution in [-0.2, 0) is 4.79 Å². The Morgan fingerprint density at radius 3 is 3.11 bits per heavy atom. The van der Waals surface area contributed by atoms with Crippen molar-refractivity contribution in [2.24, 2.45) is 11.0 Å². The van der Waals surface area contributed by atoms with Gasteiger partial charge in [0.25, 0.3) is 0 Å². The van der Waals surface area contributed by atoms with E-state index in [0.29, 0.717) is 5.69 Å². The topological polar surface area (TPSA) is 70.7 Å². The smallest absolute Gasteiger partial charge is 0.248 e. The highest BCUT2D eigenvalue weighted by Gasteiger charge is 2.11. The van der Waals surface area contributed by atoms with Crippen molar-refractivity contribution in [3.63, 3.8) is 0 Å². The summed E-state index contributed by atoms with van der Waals surface area (Å²) in [5.41, 5.74) is 6.24. The van der Waals surface area contributed by atoms with Crippen LogP contribution in [0.5, 0.6) is 0 Å². The predicted octanol–water partition coefficient (Wildman–Crippen LogP) is 1.45. The molecule has 5 nitrogen and oxygen atoms in total. The molecule has 0 spiro atoms. The van der Waals surface area contributed by atoms with Crippen molar-refractivity contribution in [1.29, 1.82) is 0 Å². The van der Waals surface area contributed by atoms with Crippen LogP contribution in [0.4, 0.5) is 15.8 Å². The molecule has 0 bridgehead atoms. The monoisotopic (exact) mass is 262 g/mol. The molecule has 6 heteroatoms. The first-order valence-electron chi connectivity index (χ1n) is 5.84. The van der Waals surface area contributed by atoms with Crippen molar-refractivity contribution in [3.05, 3.63) is 36.2 Å². The van der Waals surface area contributed by atoms with Crippen LogP contribution in [0.2, 0.25) is 0 Å². The van der Waals surface area contributed by atoms with Gasteiger partial charge in [0, 0.05) is 25.7 Å². The molecule has 1 unspecified atom stereocenters. The molecule has 1 heterocycles. The third-order valence-corrected chi connectivity index (χ3v) is 2.70. The Labute approximate surface area is 110 Å². The van der Waals surface area contributed by atoms with Crippen molar-refractivity contribution in [3.8, 4) is 0 Å². The Kier molecular flexibility index (Phi) is 3.79. The van der Waals surface area contributed by atoms with E-state index in [1.54, 1.807) is 17.3 Å². The van der Waals surface area contributed by atoms with E-state index in [-0.39, 0.29) is 17.5 Å². The number of nitrogen functional groups attached to an aromatic ring is 1. The summed E-state index contributed by atoms with van der Waals surface area (Å²) in [6.07, 6.45) is 4.92. The number of carbonyl (C=O) groups excluding carboxylic acids is 1. The maximum absolute atomic E-state index is 13.0. The van der Waals surface area contributed by atoms with Crippen LogP contribution in [-0.4, -0.2) is 30.7 Å². The van der Waals surface area contributed by atoms with Gasteiger partial charge in [-0.2, -0.15) is 5.10 Å². The van der Waals surface area contributed by atoms with Crippen molar-refractivity contribution in [2.75, 3.05) is 24.6 Å². The van der Waals surface area contributed by atoms with Gasteiger partial charge in [-0.25, -0.2) is 4.39 Å². The van der Waals surface area contributed by atoms with Gasteiger partial charge in [-0.15, -0.1) is 0 Å². The highest BCUT2D eigenvalue weighted by Crippen LogP contribution is 2.19. The summed E-state index contributed by atoms with van der Waals surface area (Å²) in [4.78, 5) is 11.7. The molecular weight excluding hydrogens is 247 g/mol. The Morgan fingerprint density at radius 1 is 1.63 bits per heavy atom. The molecule has 1 aliphatic rings. The molecule has 0 aliphatic carbocycles. The first-order valence-corrected chi connectivity index (χ1v) is 5.84. The van der Waals surface area contributed by atoms with Gasteiger partial charge in [-0.05, 0) is 24.3 Å². The molecule has 0 fully saturated rings. The fourth-order valence-corrected chi connectivity index (χ4v) is 1.73. The van der Waals surface area contributed by atoms with E-state index in [9.17, 15) is 9.18 Å². The zero-order valence-electron chi connectivity index (χ0n) is 10.5. The highest BCUT2D eigenvalue weighted by molar-refractivity contribution is 6.01. The van der Waals surface area contributed by atoms with Crippen LogP contribution in [0.3, 0.4) is 0 Å². The number of hydrazone groups is 1. The number of amides is 1. The highest BCUT2D eigenvalue weighted by atomic mass is 19.1. The van der Waals surface area contributed by atoms with Gasteiger partial charge in [0.2, 0.25) is 5.91 Å². The molecule has 0 aromatic heterocycles. The minimum atomic E-state index is -0.446. The second kappa shape index (κ2) is 5.51. The van der Waals surface area contributed by atoms with Gasteiger partial charge >= 0.3 is 0 Å². The summed E-state index contributed by atoms with van der Waals surface area (Å²) in [5, 5.41) is 8.39. The lowest BCUT2D eigenvalue weighted by Crippen LogP contribution is -2.13. The van der Waals surface area contributed by atoms with E-state index in [4.69, 9.17) is 5.73 Å². The molecular formula is C13H15FN4O. The number of halogens is 1. The lowest BCUT2D eigenvalue weighted by molar-refractivity contribution is -0.111. The maximum atomic E-state index is 13.0. The number of nitrogens with one attached hydrogen (secondary N) is 1. The fraction of sp³-hybridized carbons (Fsp3) is 0.231. The van der Waals surface area contributed by atoms with Gasteiger partial charge in [0.05, 0.1) is 11.4 Å². The number of carbonyl (C=O) groups is 1. The molecule has 1 amide bonds. The van der Waals surface area contributed by atoms with E-state index >= 15 is 0 Å². The maximum Gasteiger partial charge on any atom is 0.248 e. The minimum absolute atomic E-state index is 0.112. The number of hydrogen-bond donors (Lipinski definition) is 2. The quantitative estimate of drug-likeness (QED) is 0.639. The Morgan fingerprint density at radius 2 is 2.42 bits per heavy atom. The summed E-state index contributed by atoms with van der Waals surface area (Å²) in [6.45, 7) is 0.742. The average molecular weight is 262 g/mol. The van der Waals surface area contributed by atoms with Crippen LogP contribution in [0.25, 0.3) is 0 Å². The molecule has 100 valence electrons. The summed E-state index contributed by atoms with van der Waals surface area (Å²) >= 11 is 0. The number of rotatable bonds is 3. The van der Waals surface area contributed by atoms with Crippen LogP contribution >= 0.6 is 0 Å². The van der Waals surface area contributed by atoms with Crippen LogP contribution in [0.1, 0.15) is 0 Å². The largest absolute Gasteiger partial charge is 0.397 e. The molecule has 1 atom stereocenters. The van der Waals surface area contributed by atoms with Gasteiger partial charge in [-0.3, -0.25) is 9.80 Å². The second-order valence-corrected chi connectivity index (χ2v) is 4.35. The fourth-order valence-electron chi connectivity index (χ4n) is 1.73. The van der Waals surface area contributed by atoms with Crippen molar-refractivity contribution in [1.82, 2.24) is 5.01 Å². The Bertz CT molecular complexity index is 541. The number of nitrogens with two attached hydrogens (primary N) is 1. The zero-order valence-corrected chi connectivity index (χ0v) is 10.5. The lowest BCUT2D eigenvalue weighted by atomic mass is 10.1. The van der Waals surface area contributed by atoms with Crippen LogP contribution < -0.4 is 11.1 Å². The van der Waals surface area contributed by atoms with Crippen molar-refractivity contribution < 1.29 is 9.18 Å². The molecule has 3 N–H and O–H groups in total. The predicted molar refractivity (Wildman–Crippen MR) is 73.2 cm³/mol. The van der Waals surface area contributed by atoms with Crippen LogP contribution in [0.15, 0.2) is 35.5 Å². The lowest BCUT2D eigenvalue weighted by Gasteiger charge is -2.07. The summed E-state index contributed by atoms with van der Waals surface area (Å²) < 4.78 is 13.0. The molecule has 0 saturated heterocycles. The molecule has 1 aromatic carbocycles. The standard InChI is InChI=1S/C13H15FN4O/c1-18-8-9(7-16-18)2-5-13(19)17-12-6-10(14)3-4-11(12)15/h2-7,9H,8,15H2,1H3,(H,17,19)/b5-2+. The zero-order chi connectivity index (χ0) is 13.8. The van der Waals surface area contributed by atoms with E-state index < -0.39 is 5.82 Å². The summed E-state index contributed by atoms with van der Waals surface area (Å²) in [5.74, 6) is -0.682. The van der Waals surface area contributed by atoms with Gasteiger partial charge in [0.15, 0.2) is 0 Å². The van der Waals surface area contributed by atoms with Gasteiger partial charge < -0.3 is 11.1 Å². The SMILES string of the molecule is CN1CC(/C=C/C(=O)Nc2cc(F)ccc2N)C=N1. The average Bonchev–Trinajstić information content (AvgIpc) is 2.77. The third-order valence-electron chi connectivity index (χ3n) is 2.70. The molecule has 1 aliphatic heterocycles. The molecule has 1 aromatic rings. The van der Waals surface area contributed by atoms with E-state index in [0.717, 1.165) is 6.54 Å². The van der Waals surface area contributed by atoms with E-state index in [1.807, 2.05) is 7.05 Å². The number of nitrogens with zero attached hydrogens (tertiary/aromatic N) is 2. The molecule has 0 radical (unpaired) electrons. The van der Waals surface area contributed by atoms with Crippen molar-refractivity contribution >= 4 is 23.5 Å². The summed E-state index contributed by atoms with van der Waals surface area (Å²) in [6, 6.07) is 3.84. The molecule has 2 rings (SSSR count). The normalized spacial score (nSPS) is 18.2. The minimum Gasteiger partial charge on any atom is -0.397 e. The summed E-state index contributed by atoms with van der Waals surface area (Å²) in [7, 11) is 1.86. The van der Waals surface area contributed by atoms with Crippen molar-refractivity contribution in [2.45, 2.75) is 0 Å². The number of hydrogen-bond acceptors (Lipinski definition) is 4. The van der Waals surface area contributed by atoms with Gasteiger partial charge in [-0.1, -0.05) is 6.08 Å². The third kappa shape index (κ3) is 3.54. The van der Waals surface area contributed by atoms with Gasteiger partial charge in [0.1, 0.15) is 5.82 Å². The van der Waals surface area contributed by atoms with E-state index in [2.05, 4.69) is 10.4 Å². The first kappa shape index (κ1) is 13.1. The molecule has 19 heavy (non-hydrogen) atoms.